The van der Waals surface area contributed by atoms with E-state index in [1.165, 1.54) is 18.2 Å². The molecular formula is C13H11ClN2O3S. The number of halogens is 1. The predicted octanol–water partition coefficient (Wildman–Crippen LogP) is 3.55. The van der Waals surface area contributed by atoms with Gasteiger partial charge in [0.15, 0.2) is 0 Å². The highest BCUT2D eigenvalue weighted by atomic mass is 35.5. The van der Waals surface area contributed by atoms with Gasteiger partial charge >= 0.3 is 0 Å². The second-order valence-electron chi connectivity index (χ2n) is 4.09. The summed E-state index contributed by atoms with van der Waals surface area (Å²) in [5.41, 5.74) is -0.166. The Hall–Kier alpha value is -1.92. The Bertz CT molecular complexity index is 669. The molecule has 7 heteroatoms. The van der Waals surface area contributed by atoms with Crippen LogP contribution in [0.3, 0.4) is 0 Å². The molecule has 0 saturated heterocycles. The van der Waals surface area contributed by atoms with Gasteiger partial charge in [0, 0.05) is 15.8 Å². The van der Waals surface area contributed by atoms with Crippen molar-refractivity contribution in [2.75, 3.05) is 0 Å². The highest BCUT2D eigenvalue weighted by Gasteiger charge is 2.19. The number of nitrogens with zero attached hydrogens (tertiary/aromatic N) is 1. The number of hydrogen-bond donors (Lipinski definition) is 1. The van der Waals surface area contributed by atoms with E-state index in [1.54, 1.807) is 11.3 Å². The highest BCUT2D eigenvalue weighted by Crippen LogP contribution is 2.27. The number of nitro groups is 1. The number of rotatable bonds is 4. The third-order valence-corrected chi connectivity index (χ3v) is 4.04. The molecule has 104 valence electrons. The maximum absolute atomic E-state index is 12.0. The van der Waals surface area contributed by atoms with Gasteiger partial charge in [0.25, 0.3) is 11.6 Å². The standard InChI is InChI=1S/C13H11ClN2O3S/c1-8-5-6-9(20-8)7-15-13(17)10-3-2-4-11(12(10)14)16(18)19/h2-6H,7H2,1H3,(H,15,17). The molecule has 2 rings (SSSR count). The normalized spacial score (nSPS) is 10.3. The van der Waals surface area contributed by atoms with E-state index in [1.807, 2.05) is 19.1 Å². The van der Waals surface area contributed by atoms with Gasteiger partial charge < -0.3 is 5.32 Å². The minimum atomic E-state index is -0.609. The van der Waals surface area contributed by atoms with Crippen molar-refractivity contribution in [3.05, 3.63) is 60.8 Å². The Morgan fingerprint density at radius 3 is 2.75 bits per heavy atom. The third kappa shape index (κ3) is 3.15. The zero-order valence-electron chi connectivity index (χ0n) is 10.6. The Kier molecular flexibility index (Phi) is 4.36. The van der Waals surface area contributed by atoms with Crippen LogP contribution in [0.5, 0.6) is 0 Å². The number of aryl methyl sites for hydroxylation is 1. The van der Waals surface area contributed by atoms with Crippen molar-refractivity contribution in [3.8, 4) is 0 Å². The zero-order valence-corrected chi connectivity index (χ0v) is 12.1. The topological polar surface area (TPSA) is 72.2 Å². The highest BCUT2D eigenvalue weighted by molar-refractivity contribution is 7.11. The minimum Gasteiger partial charge on any atom is -0.347 e. The molecule has 5 nitrogen and oxygen atoms in total. The molecule has 0 unspecified atom stereocenters. The molecule has 1 amide bonds. The molecule has 0 aliphatic carbocycles. The first-order valence-corrected chi connectivity index (χ1v) is 6.95. The van der Waals surface area contributed by atoms with Crippen LogP contribution in [0, 0.1) is 17.0 Å². The van der Waals surface area contributed by atoms with Crippen LogP contribution in [0.25, 0.3) is 0 Å². The number of carbonyl (C=O) groups is 1. The largest absolute Gasteiger partial charge is 0.347 e. The maximum atomic E-state index is 12.0. The SMILES string of the molecule is Cc1ccc(CNC(=O)c2cccc([N+](=O)[O-])c2Cl)s1. The minimum absolute atomic E-state index is 0.106. The van der Waals surface area contributed by atoms with Crippen LogP contribution in [-0.4, -0.2) is 10.8 Å². The summed E-state index contributed by atoms with van der Waals surface area (Å²) >= 11 is 7.47. The van der Waals surface area contributed by atoms with Crippen LogP contribution in [0.4, 0.5) is 5.69 Å². The monoisotopic (exact) mass is 310 g/mol. The van der Waals surface area contributed by atoms with Crippen molar-refractivity contribution >= 4 is 34.5 Å². The quantitative estimate of drug-likeness (QED) is 0.693. The molecule has 0 aliphatic heterocycles. The fraction of sp³-hybridized carbons (Fsp3) is 0.154. The molecule has 2 aromatic rings. The summed E-state index contributed by atoms with van der Waals surface area (Å²) in [5, 5.41) is 13.3. The van der Waals surface area contributed by atoms with Crippen molar-refractivity contribution in [1.29, 1.82) is 0 Å². The van der Waals surface area contributed by atoms with Gasteiger partial charge in [-0.3, -0.25) is 14.9 Å². The summed E-state index contributed by atoms with van der Waals surface area (Å²) in [6.45, 7) is 2.35. The molecule has 1 N–H and O–H groups in total. The Morgan fingerprint density at radius 1 is 1.40 bits per heavy atom. The first-order chi connectivity index (χ1) is 9.49. The van der Waals surface area contributed by atoms with E-state index in [2.05, 4.69) is 5.32 Å². The van der Waals surface area contributed by atoms with E-state index < -0.39 is 10.8 Å². The summed E-state index contributed by atoms with van der Waals surface area (Å²) in [7, 11) is 0. The number of amides is 1. The summed E-state index contributed by atoms with van der Waals surface area (Å²) < 4.78 is 0. The van der Waals surface area contributed by atoms with Gasteiger partial charge in [-0.05, 0) is 25.1 Å². The molecule has 0 spiro atoms. The molecule has 0 atom stereocenters. The van der Waals surface area contributed by atoms with Crippen LogP contribution in [-0.2, 0) is 6.54 Å². The summed E-state index contributed by atoms with van der Waals surface area (Å²) in [6.07, 6.45) is 0. The fourth-order valence-electron chi connectivity index (χ4n) is 1.68. The van der Waals surface area contributed by atoms with E-state index in [-0.39, 0.29) is 16.3 Å². The molecule has 0 bridgehead atoms. The summed E-state index contributed by atoms with van der Waals surface area (Å²) in [5.74, 6) is -0.426. The van der Waals surface area contributed by atoms with Gasteiger partial charge in [0.05, 0.1) is 17.0 Å². The molecule has 20 heavy (non-hydrogen) atoms. The number of hydrogen-bond acceptors (Lipinski definition) is 4. The number of benzene rings is 1. The summed E-state index contributed by atoms with van der Waals surface area (Å²) in [4.78, 5) is 24.3. The predicted molar refractivity (Wildman–Crippen MR) is 78.3 cm³/mol. The average Bonchev–Trinajstić information content (AvgIpc) is 2.81. The molecule has 0 radical (unpaired) electrons. The fourth-order valence-corrected chi connectivity index (χ4v) is 2.79. The third-order valence-electron chi connectivity index (χ3n) is 2.64. The molecule has 0 fully saturated rings. The van der Waals surface area contributed by atoms with Gasteiger partial charge in [0.2, 0.25) is 0 Å². The lowest BCUT2D eigenvalue weighted by Crippen LogP contribution is -2.22. The van der Waals surface area contributed by atoms with Crippen molar-refractivity contribution in [3.63, 3.8) is 0 Å². The smallest absolute Gasteiger partial charge is 0.288 e. The number of nitrogens with one attached hydrogen (secondary N) is 1. The second kappa shape index (κ2) is 6.02. The molecule has 1 aromatic heterocycles. The lowest BCUT2D eigenvalue weighted by atomic mass is 10.2. The van der Waals surface area contributed by atoms with E-state index in [4.69, 9.17) is 11.6 Å². The van der Waals surface area contributed by atoms with Crippen molar-refractivity contribution in [2.24, 2.45) is 0 Å². The lowest BCUT2D eigenvalue weighted by molar-refractivity contribution is -0.384. The van der Waals surface area contributed by atoms with E-state index >= 15 is 0 Å². The molecule has 1 heterocycles. The van der Waals surface area contributed by atoms with E-state index in [9.17, 15) is 14.9 Å². The van der Waals surface area contributed by atoms with Crippen LogP contribution < -0.4 is 5.32 Å². The van der Waals surface area contributed by atoms with Crippen LogP contribution >= 0.6 is 22.9 Å². The molecule has 1 aromatic carbocycles. The van der Waals surface area contributed by atoms with Crippen molar-refractivity contribution in [1.82, 2.24) is 5.32 Å². The number of carbonyl (C=O) groups excluding carboxylic acids is 1. The first kappa shape index (κ1) is 14.5. The molecule has 0 aliphatic rings. The van der Waals surface area contributed by atoms with Gasteiger partial charge in [0.1, 0.15) is 5.02 Å². The van der Waals surface area contributed by atoms with Crippen molar-refractivity contribution in [2.45, 2.75) is 13.5 Å². The van der Waals surface area contributed by atoms with Gasteiger partial charge in [-0.25, -0.2) is 0 Å². The molecular weight excluding hydrogens is 300 g/mol. The van der Waals surface area contributed by atoms with Gasteiger partial charge in [-0.1, -0.05) is 17.7 Å². The van der Waals surface area contributed by atoms with Crippen LogP contribution in [0.15, 0.2) is 30.3 Å². The van der Waals surface area contributed by atoms with E-state index in [0.29, 0.717) is 6.54 Å². The van der Waals surface area contributed by atoms with Gasteiger partial charge in [-0.2, -0.15) is 0 Å². The Morgan fingerprint density at radius 2 is 2.15 bits per heavy atom. The van der Waals surface area contributed by atoms with E-state index in [0.717, 1.165) is 9.75 Å². The Labute approximate surface area is 124 Å². The van der Waals surface area contributed by atoms with Crippen LogP contribution in [0.1, 0.15) is 20.1 Å². The lowest BCUT2D eigenvalue weighted by Gasteiger charge is -2.05. The van der Waals surface area contributed by atoms with Crippen molar-refractivity contribution < 1.29 is 9.72 Å². The number of thiophene rings is 1. The maximum Gasteiger partial charge on any atom is 0.288 e. The van der Waals surface area contributed by atoms with Crippen LogP contribution in [0.2, 0.25) is 5.02 Å². The second-order valence-corrected chi connectivity index (χ2v) is 5.84. The first-order valence-electron chi connectivity index (χ1n) is 5.75. The average molecular weight is 311 g/mol. The Balaban J connectivity index is 2.13. The molecule has 0 saturated carbocycles. The zero-order chi connectivity index (χ0) is 14.7. The summed E-state index contributed by atoms with van der Waals surface area (Å²) in [6, 6.07) is 8.06. The van der Waals surface area contributed by atoms with Gasteiger partial charge in [-0.15, -0.1) is 11.3 Å². The number of nitro benzene ring substituents is 1.